The highest BCUT2D eigenvalue weighted by Gasteiger charge is 1.78. The second-order valence-corrected chi connectivity index (χ2v) is 1.45. The second-order valence-electron chi connectivity index (χ2n) is 1.45. The molecule has 0 aliphatic carbocycles. The van der Waals surface area contributed by atoms with Crippen LogP contribution in [0.4, 0.5) is 0 Å². The fourth-order valence-electron chi connectivity index (χ4n) is 0.371. The van der Waals surface area contributed by atoms with Crippen molar-refractivity contribution in [2.24, 2.45) is 5.73 Å². The van der Waals surface area contributed by atoms with Crippen molar-refractivity contribution in [1.29, 1.82) is 0 Å². The molecular formula is C4H11BN2. The average molecular weight is 98.0 g/mol. The molecule has 2 nitrogen and oxygen atoms in total. The molecule has 40 valence electrons. The van der Waals surface area contributed by atoms with Crippen LogP contribution in [0.5, 0.6) is 0 Å². The Morgan fingerprint density at radius 3 is 2.57 bits per heavy atom. The molecule has 0 saturated heterocycles. The van der Waals surface area contributed by atoms with E-state index in [1.54, 1.807) is 0 Å². The van der Waals surface area contributed by atoms with Gasteiger partial charge in [0.05, 0.1) is 0 Å². The summed E-state index contributed by atoms with van der Waals surface area (Å²) < 4.78 is 0. The molecular weight excluding hydrogens is 86.9 g/mol. The average Bonchev–Trinajstić information content (AvgIpc) is 1.69. The fraction of sp³-hybridized carbons (Fsp3) is 1.00. The van der Waals surface area contributed by atoms with Crippen molar-refractivity contribution in [2.45, 2.75) is 12.8 Å². The quantitative estimate of drug-likeness (QED) is 0.364. The van der Waals surface area contributed by atoms with Crippen molar-refractivity contribution in [1.82, 2.24) is 5.23 Å². The van der Waals surface area contributed by atoms with Gasteiger partial charge in [0, 0.05) is 0 Å². The van der Waals surface area contributed by atoms with Gasteiger partial charge in [-0.3, -0.25) is 0 Å². The van der Waals surface area contributed by atoms with Crippen LogP contribution in [-0.2, 0) is 0 Å². The smallest absolute Gasteiger partial charge is 0.177 e. The molecule has 7 heavy (non-hydrogen) atoms. The second kappa shape index (κ2) is 5.98. The first-order valence-electron chi connectivity index (χ1n) is 2.55. The first kappa shape index (κ1) is 6.98. The van der Waals surface area contributed by atoms with Crippen LogP contribution < -0.4 is 11.0 Å². The van der Waals surface area contributed by atoms with E-state index in [2.05, 4.69) is 5.23 Å². The SMILES string of the molecule is [B]NCCCCN. The summed E-state index contributed by atoms with van der Waals surface area (Å²) in [6, 6.07) is 0. The Labute approximate surface area is 45.9 Å². The van der Waals surface area contributed by atoms with Gasteiger partial charge in [-0.2, -0.15) is 0 Å². The Hall–Kier alpha value is -0.0151. The van der Waals surface area contributed by atoms with Crippen molar-refractivity contribution < 1.29 is 0 Å². The van der Waals surface area contributed by atoms with Crippen LogP contribution in [0.2, 0.25) is 0 Å². The van der Waals surface area contributed by atoms with Crippen LogP contribution in [0.25, 0.3) is 0 Å². The molecule has 0 aliphatic heterocycles. The van der Waals surface area contributed by atoms with Crippen molar-refractivity contribution in [3.05, 3.63) is 0 Å². The molecule has 0 fully saturated rings. The zero-order valence-electron chi connectivity index (χ0n) is 4.48. The molecule has 0 aromatic heterocycles. The zero-order valence-corrected chi connectivity index (χ0v) is 4.48. The third kappa shape index (κ3) is 5.98. The Morgan fingerprint density at radius 2 is 2.14 bits per heavy atom. The zero-order chi connectivity index (χ0) is 5.54. The minimum atomic E-state index is 0.766. The van der Waals surface area contributed by atoms with Gasteiger partial charge in [-0.15, -0.1) is 0 Å². The maximum atomic E-state index is 5.20. The standard InChI is InChI=1S/C4H11BN2/c5-7-4-2-1-3-6/h7H,1-4,6H2. The molecule has 0 rings (SSSR count). The van der Waals surface area contributed by atoms with E-state index in [0.29, 0.717) is 0 Å². The van der Waals surface area contributed by atoms with Crippen LogP contribution in [0.1, 0.15) is 12.8 Å². The van der Waals surface area contributed by atoms with E-state index in [4.69, 9.17) is 13.7 Å². The van der Waals surface area contributed by atoms with Gasteiger partial charge in [0.25, 0.3) is 0 Å². The van der Waals surface area contributed by atoms with Gasteiger partial charge < -0.3 is 11.0 Å². The molecule has 0 unspecified atom stereocenters. The third-order valence-electron chi connectivity index (χ3n) is 0.775. The van der Waals surface area contributed by atoms with Gasteiger partial charge in [0.15, 0.2) is 7.98 Å². The third-order valence-corrected chi connectivity index (χ3v) is 0.775. The molecule has 0 saturated carbocycles. The minimum absolute atomic E-state index is 0.766. The number of hydrogen-bond acceptors (Lipinski definition) is 2. The highest BCUT2D eigenvalue weighted by Crippen LogP contribution is 1.79. The summed E-state index contributed by atoms with van der Waals surface area (Å²) >= 11 is 0. The van der Waals surface area contributed by atoms with Crippen LogP contribution in [0.3, 0.4) is 0 Å². The molecule has 0 aromatic rings. The van der Waals surface area contributed by atoms with Crippen LogP contribution in [0.15, 0.2) is 0 Å². The molecule has 0 amide bonds. The number of rotatable bonds is 4. The highest BCUT2D eigenvalue weighted by molar-refractivity contribution is 6.04. The first-order chi connectivity index (χ1) is 3.41. The predicted octanol–water partition coefficient (Wildman–Crippen LogP) is -0.602. The molecule has 0 aliphatic rings. The molecule has 0 spiro atoms. The summed E-state index contributed by atoms with van der Waals surface area (Å²) in [6.07, 6.45) is 2.14. The summed E-state index contributed by atoms with van der Waals surface area (Å²) in [7, 11) is 4.98. The van der Waals surface area contributed by atoms with Crippen molar-refractivity contribution >= 4 is 7.98 Å². The lowest BCUT2D eigenvalue weighted by Crippen LogP contribution is -2.11. The summed E-state index contributed by atoms with van der Waals surface area (Å²) in [5, 5.41) is 2.55. The molecule has 0 heterocycles. The van der Waals surface area contributed by atoms with Gasteiger partial charge in [0.2, 0.25) is 0 Å². The van der Waals surface area contributed by atoms with E-state index >= 15 is 0 Å². The summed E-state index contributed by atoms with van der Waals surface area (Å²) in [5.74, 6) is 0. The number of nitrogens with two attached hydrogens (primary N) is 1. The Balaban J connectivity index is 2.45. The Morgan fingerprint density at radius 1 is 1.43 bits per heavy atom. The van der Waals surface area contributed by atoms with E-state index in [1.807, 2.05) is 0 Å². The predicted molar refractivity (Wildman–Crippen MR) is 32.0 cm³/mol. The number of unbranched alkanes of at least 4 members (excludes halogenated alkanes) is 1. The van der Waals surface area contributed by atoms with Crippen LogP contribution in [-0.4, -0.2) is 21.1 Å². The normalized spacial score (nSPS) is 9.29. The molecule has 2 radical (unpaired) electrons. The first-order valence-corrected chi connectivity index (χ1v) is 2.55. The van der Waals surface area contributed by atoms with Crippen molar-refractivity contribution in [3.63, 3.8) is 0 Å². The molecule has 0 atom stereocenters. The molecule has 0 aromatic carbocycles. The lowest BCUT2D eigenvalue weighted by atomic mass is 10.3. The van der Waals surface area contributed by atoms with Gasteiger partial charge >= 0.3 is 0 Å². The van der Waals surface area contributed by atoms with Gasteiger partial charge in [0.1, 0.15) is 0 Å². The van der Waals surface area contributed by atoms with Crippen LogP contribution in [0, 0.1) is 0 Å². The lowest BCUT2D eigenvalue weighted by Gasteiger charge is -1.93. The van der Waals surface area contributed by atoms with Gasteiger partial charge in [-0.25, -0.2) is 0 Å². The maximum Gasteiger partial charge on any atom is 0.177 e. The summed E-state index contributed by atoms with van der Waals surface area (Å²) in [5.41, 5.74) is 5.20. The van der Waals surface area contributed by atoms with Crippen LogP contribution >= 0.6 is 0 Å². The van der Waals surface area contributed by atoms with Crippen molar-refractivity contribution in [3.8, 4) is 0 Å². The topological polar surface area (TPSA) is 38.0 Å². The molecule has 0 bridgehead atoms. The monoisotopic (exact) mass is 98.1 g/mol. The number of hydrogen-bond donors (Lipinski definition) is 2. The number of nitrogens with one attached hydrogen (secondary N) is 1. The maximum absolute atomic E-state index is 5.20. The van der Waals surface area contributed by atoms with E-state index < -0.39 is 0 Å². The van der Waals surface area contributed by atoms with Gasteiger partial charge in [-0.1, -0.05) is 0 Å². The Kier molecular flexibility index (Phi) is 5.97. The minimum Gasteiger partial charge on any atom is -0.366 e. The lowest BCUT2D eigenvalue weighted by molar-refractivity contribution is 0.729. The van der Waals surface area contributed by atoms with Crippen molar-refractivity contribution in [2.75, 3.05) is 13.1 Å². The Bertz CT molecular complexity index is 28.9. The van der Waals surface area contributed by atoms with E-state index in [9.17, 15) is 0 Å². The largest absolute Gasteiger partial charge is 0.366 e. The summed E-state index contributed by atoms with van der Waals surface area (Å²) in [6.45, 7) is 1.64. The molecule has 3 heteroatoms. The van der Waals surface area contributed by atoms with E-state index in [1.165, 1.54) is 0 Å². The van der Waals surface area contributed by atoms with Gasteiger partial charge in [-0.05, 0) is 25.9 Å². The summed E-state index contributed by atoms with van der Waals surface area (Å²) in [4.78, 5) is 0. The van der Waals surface area contributed by atoms with E-state index in [0.717, 1.165) is 25.9 Å². The van der Waals surface area contributed by atoms with E-state index in [-0.39, 0.29) is 0 Å². The fourth-order valence-corrected chi connectivity index (χ4v) is 0.371. The highest BCUT2D eigenvalue weighted by atomic mass is 14.7. The molecule has 3 N–H and O–H groups in total.